The van der Waals surface area contributed by atoms with Crippen molar-refractivity contribution in [2.24, 2.45) is 14.1 Å². The Labute approximate surface area is 202 Å². The van der Waals surface area contributed by atoms with Crippen LogP contribution in [0.1, 0.15) is 11.1 Å². The fourth-order valence-corrected chi connectivity index (χ4v) is 6.21. The number of furan rings is 4. The molecule has 0 radical (unpaired) electrons. The molecular weight excluding hydrogens is 452 g/mol. The number of nitrogens with zero attached hydrogens (tertiary/aromatic N) is 2. The van der Waals surface area contributed by atoms with E-state index >= 15 is 0 Å². The second-order valence-corrected chi connectivity index (χ2v) is 10.1. The van der Waals surface area contributed by atoms with Gasteiger partial charge < -0.3 is 26.8 Å². The van der Waals surface area contributed by atoms with E-state index in [4.69, 9.17) is 17.7 Å². The first kappa shape index (κ1) is 18.7. The Morgan fingerprint density at radius 1 is 0.444 bits per heavy atom. The first-order chi connectivity index (χ1) is 17.5. The largest absolute Gasteiger partial charge is 0.450 e. The van der Waals surface area contributed by atoms with Gasteiger partial charge in [-0.1, -0.05) is 12.1 Å². The zero-order valence-corrected chi connectivity index (χ0v) is 20.1. The Bertz CT molecular complexity index is 2240. The zero-order chi connectivity index (χ0) is 24.0. The van der Waals surface area contributed by atoms with Crippen LogP contribution in [0.4, 0.5) is 0 Å². The summed E-state index contributed by atoms with van der Waals surface area (Å²) < 4.78 is 29.8. The molecule has 0 N–H and O–H groups in total. The molecule has 0 aliphatic carbocycles. The Kier molecular flexibility index (Phi) is 3.01. The third-order valence-electron chi connectivity index (χ3n) is 7.84. The van der Waals surface area contributed by atoms with Crippen LogP contribution in [-0.4, -0.2) is 9.13 Å². The molecule has 0 amide bonds. The Morgan fingerprint density at radius 2 is 0.778 bits per heavy atom. The van der Waals surface area contributed by atoms with Crippen molar-refractivity contribution in [2.75, 3.05) is 0 Å². The fourth-order valence-electron chi connectivity index (χ4n) is 6.21. The quantitative estimate of drug-likeness (QED) is 0.222. The molecule has 9 aromatic rings. The summed E-state index contributed by atoms with van der Waals surface area (Å²) >= 11 is 0. The number of hydrogen-bond acceptors (Lipinski definition) is 4. The van der Waals surface area contributed by atoms with Crippen molar-refractivity contribution >= 4 is 88.3 Å². The number of hydrogen-bond donors (Lipinski definition) is 0. The lowest BCUT2D eigenvalue weighted by Gasteiger charge is -1.99. The number of rotatable bonds is 0. The van der Waals surface area contributed by atoms with Gasteiger partial charge in [0.2, 0.25) is 0 Å². The van der Waals surface area contributed by atoms with Crippen LogP contribution in [0.25, 0.3) is 88.3 Å². The summed E-state index contributed by atoms with van der Waals surface area (Å²) in [6.07, 6.45) is 0. The monoisotopic (exact) mass is 472 g/mol. The minimum absolute atomic E-state index is 0.766. The third kappa shape index (κ3) is 1.98. The molecule has 36 heavy (non-hydrogen) atoms. The van der Waals surface area contributed by atoms with Crippen LogP contribution in [0.5, 0.6) is 0 Å². The molecular formula is C30H20N2O4. The van der Waals surface area contributed by atoms with Gasteiger partial charge in [-0.3, -0.25) is 0 Å². The summed E-state index contributed by atoms with van der Waals surface area (Å²) in [5.74, 6) is 0. The average molecular weight is 473 g/mol. The molecule has 0 unspecified atom stereocenters. The van der Waals surface area contributed by atoms with Crippen LogP contribution < -0.4 is 0 Å². The smallest absolute Gasteiger partial charge is 0.196 e. The van der Waals surface area contributed by atoms with E-state index < -0.39 is 0 Å². The van der Waals surface area contributed by atoms with Gasteiger partial charge in [0.1, 0.15) is 22.3 Å². The normalized spacial score (nSPS) is 13.0. The summed E-state index contributed by atoms with van der Waals surface area (Å²) in [4.78, 5) is 0. The van der Waals surface area contributed by atoms with Gasteiger partial charge in [-0.05, 0) is 61.4 Å². The van der Waals surface area contributed by atoms with E-state index in [-0.39, 0.29) is 0 Å². The number of benzene rings is 3. The topological polar surface area (TPSA) is 62.4 Å². The molecule has 0 aliphatic rings. The number of aromatic nitrogens is 2. The maximum Gasteiger partial charge on any atom is 0.196 e. The maximum atomic E-state index is 6.46. The Balaban J connectivity index is 1.40. The molecule has 0 aliphatic heterocycles. The average Bonchev–Trinajstić information content (AvgIpc) is 3.64. The zero-order valence-electron chi connectivity index (χ0n) is 20.1. The van der Waals surface area contributed by atoms with Crippen molar-refractivity contribution in [2.45, 2.75) is 13.8 Å². The van der Waals surface area contributed by atoms with Gasteiger partial charge in [-0.15, -0.1) is 0 Å². The van der Waals surface area contributed by atoms with Gasteiger partial charge in [0.15, 0.2) is 22.3 Å². The van der Waals surface area contributed by atoms with E-state index in [1.54, 1.807) is 0 Å². The lowest BCUT2D eigenvalue weighted by atomic mass is 10.2. The van der Waals surface area contributed by atoms with Crippen LogP contribution in [0.15, 0.2) is 66.2 Å². The van der Waals surface area contributed by atoms with E-state index in [0.29, 0.717) is 0 Å². The van der Waals surface area contributed by atoms with Crippen LogP contribution in [0.2, 0.25) is 0 Å². The summed E-state index contributed by atoms with van der Waals surface area (Å²) in [5.41, 5.74) is 12.9. The predicted molar refractivity (Wildman–Crippen MR) is 143 cm³/mol. The summed E-state index contributed by atoms with van der Waals surface area (Å²) in [6, 6.07) is 16.8. The van der Waals surface area contributed by atoms with Gasteiger partial charge in [-0.25, -0.2) is 0 Å². The van der Waals surface area contributed by atoms with Gasteiger partial charge in [0, 0.05) is 35.6 Å². The first-order valence-electron chi connectivity index (χ1n) is 12.1. The van der Waals surface area contributed by atoms with Crippen LogP contribution in [0.3, 0.4) is 0 Å². The molecule has 0 saturated carbocycles. The van der Waals surface area contributed by atoms with E-state index in [9.17, 15) is 0 Å². The van der Waals surface area contributed by atoms with Gasteiger partial charge >= 0.3 is 0 Å². The van der Waals surface area contributed by atoms with E-state index in [1.165, 1.54) is 11.1 Å². The minimum atomic E-state index is 0.766. The molecule has 6 heterocycles. The molecule has 0 saturated heterocycles. The SMILES string of the molecule is Cc1ccc2c(c1)oc1c3oc4cc5c(cc4c3n(C)c21)oc1c2oc3cc(C)ccc3c2n(C)c51. The molecule has 0 fully saturated rings. The highest BCUT2D eigenvalue weighted by Gasteiger charge is 2.26. The molecule has 0 atom stereocenters. The summed E-state index contributed by atoms with van der Waals surface area (Å²) in [5, 5.41) is 4.18. The van der Waals surface area contributed by atoms with E-state index in [0.717, 1.165) is 88.3 Å². The third-order valence-corrected chi connectivity index (χ3v) is 7.84. The van der Waals surface area contributed by atoms with Crippen molar-refractivity contribution in [3.63, 3.8) is 0 Å². The molecule has 6 nitrogen and oxygen atoms in total. The second-order valence-electron chi connectivity index (χ2n) is 10.1. The highest BCUT2D eigenvalue weighted by molar-refractivity contribution is 6.24. The van der Waals surface area contributed by atoms with Crippen LogP contribution in [-0.2, 0) is 14.1 Å². The second kappa shape index (κ2) is 5.79. The predicted octanol–water partition coefficient (Wildman–Crippen LogP) is 8.58. The standard InChI is InChI=1S/C30H20N2O4/c1-13-5-7-15-19(9-13)33-27-23(15)31(3)25-17-11-22-18(12-21(17)35-29(25)27)26-30(36-22)28-24(32(26)4)16-8-6-14(2)10-20(16)34-28/h5-12H,1-4H3. The van der Waals surface area contributed by atoms with Crippen molar-refractivity contribution in [3.05, 3.63) is 59.7 Å². The van der Waals surface area contributed by atoms with Crippen molar-refractivity contribution in [1.82, 2.24) is 9.13 Å². The molecule has 0 bridgehead atoms. The van der Waals surface area contributed by atoms with Gasteiger partial charge in [-0.2, -0.15) is 0 Å². The minimum Gasteiger partial charge on any atom is -0.450 e. The van der Waals surface area contributed by atoms with E-state index in [2.05, 4.69) is 85.6 Å². The molecule has 6 heteroatoms. The first-order valence-corrected chi connectivity index (χ1v) is 12.1. The lowest BCUT2D eigenvalue weighted by Crippen LogP contribution is -1.87. The van der Waals surface area contributed by atoms with Gasteiger partial charge in [0.25, 0.3) is 0 Å². The van der Waals surface area contributed by atoms with E-state index in [1.807, 2.05) is 0 Å². The summed E-state index contributed by atoms with van der Waals surface area (Å²) in [7, 11) is 4.13. The summed E-state index contributed by atoms with van der Waals surface area (Å²) in [6.45, 7) is 4.15. The lowest BCUT2D eigenvalue weighted by molar-refractivity contribution is 0.632. The van der Waals surface area contributed by atoms with Gasteiger partial charge in [0.05, 0.1) is 22.1 Å². The highest BCUT2D eigenvalue weighted by atomic mass is 16.4. The number of aryl methyl sites for hydroxylation is 4. The fraction of sp³-hybridized carbons (Fsp3) is 0.133. The highest BCUT2D eigenvalue weighted by Crippen LogP contribution is 2.45. The molecule has 174 valence electrons. The van der Waals surface area contributed by atoms with Crippen LogP contribution >= 0.6 is 0 Å². The van der Waals surface area contributed by atoms with Crippen molar-refractivity contribution in [1.29, 1.82) is 0 Å². The Morgan fingerprint density at radius 3 is 1.17 bits per heavy atom. The molecule has 0 spiro atoms. The van der Waals surface area contributed by atoms with Crippen molar-refractivity contribution < 1.29 is 17.7 Å². The Hall–Kier alpha value is -4.58. The number of fused-ring (bicyclic) bond motifs is 14. The molecule has 3 aromatic carbocycles. The van der Waals surface area contributed by atoms with Crippen molar-refractivity contribution in [3.8, 4) is 0 Å². The molecule has 6 aromatic heterocycles. The van der Waals surface area contributed by atoms with Crippen LogP contribution in [0, 0.1) is 13.8 Å². The molecule has 9 rings (SSSR count). The maximum absolute atomic E-state index is 6.46.